The van der Waals surface area contributed by atoms with Crippen LogP contribution in [-0.2, 0) is 5.75 Å². The molecule has 0 aliphatic carbocycles. The lowest BCUT2D eigenvalue weighted by atomic mass is 10.2. The van der Waals surface area contributed by atoms with Crippen LogP contribution in [-0.4, -0.2) is 5.75 Å². The van der Waals surface area contributed by atoms with E-state index in [4.69, 9.17) is 5.73 Å². The van der Waals surface area contributed by atoms with E-state index in [1.165, 1.54) is 30.6 Å². The highest BCUT2D eigenvalue weighted by Gasteiger charge is 1.93. The van der Waals surface area contributed by atoms with E-state index in [-0.39, 0.29) is 0 Å². The Bertz CT molecular complexity index is 243. The average Bonchev–Trinajstić information content (AvgIpc) is 2.21. The van der Waals surface area contributed by atoms with Crippen LogP contribution in [0.1, 0.15) is 31.7 Å². The van der Waals surface area contributed by atoms with Gasteiger partial charge in [0.1, 0.15) is 0 Å². The lowest BCUT2D eigenvalue weighted by molar-refractivity contribution is 0.778. The summed E-state index contributed by atoms with van der Waals surface area (Å²) in [6.07, 6.45) is 4.01. The molecule has 0 aromatic heterocycles. The molecule has 0 fully saturated rings. The Balaban J connectivity index is 2.15. The average molecular weight is 209 g/mol. The third-order valence-electron chi connectivity index (χ3n) is 2.14. The molecule has 0 spiro atoms. The van der Waals surface area contributed by atoms with Crippen LogP contribution in [0.15, 0.2) is 24.3 Å². The first-order valence-corrected chi connectivity index (χ1v) is 6.40. The second-order valence-electron chi connectivity index (χ2n) is 3.50. The minimum Gasteiger partial charge on any atom is -0.399 e. The van der Waals surface area contributed by atoms with Crippen LogP contribution in [0.25, 0.3) is 0 Å². The van der Waals surface area contributed by atoms with Gasteiger partial charge in [-0.25, -0.2) is 0 Å². The van der Waals surface area contributed by atoms with Crippen molar-refractivity contribution in [3.8, 4) is 0 Å². The van der Waals surface area contributed by atoms with Crippen molar-refractivity contribution >= 4 is 17.4 Å². The highest BCUT2D eigenvalue weighted by Crippen LogP contribution is 2.15. The first-order chi connectivity index (χ1) is 6.83. The van der Waals surface area contributed by atoms with Gasteiger partial charge in [0.05, 0.1) is 0 Å². The first-order valence-electron chi connectivity index (χ1n) is 5.25. The predicted molar refractivity (Wildman–Crippen MR) is 66.5 cm³/mol. The zero-order valence-corrected chi connectivity index (χ0v) is 9.65. The van der Waals surface area contributed by atoms with Gasteiger partial charge >= 0.3 is 0 Å². The topological polar surface area (TPSA) is 26.0 Å². The normalized spacial score (nSPS) is 10.4. The lowest BCUT2D eigenvalue weighted by Crippen LogP contribution is -1.86. The predicted octanol–water partition coefficient (Wildman–Crippen LogP) is 3.69. The zero-order valence-electron chi connectivity index (χ0n) is 8.83. The SMILES string of the molecule is CCCCCSCc1ccc(N)cc1. The first kappa shape index (κ1) is 11.4. The number of hydrogen-bond acceptors (Lipinski definition) is 2. The van der Waals surface area contributed by atoms with Crippen LogP contribution in [0.2, 0.25) is 0 Å². The van der Waals surface area contributed by atoms with Crippen molar-refractivity contribution in [2.24, 2.45) is 0 Å². The Morgan fingerprint density at radius 2 is 1.86 bits per heavy atom. The van der Waals surface area contributed by atoms with E-state index in [2.05, 4.69) is 19.1 Å². The molecule has 0 aliphatic rings. The van der Waals surface area contributed by atoms with Crippen LogP contribution in [0, 0.1) is 0 Å². The van der Waals surface area contributed by atoms with E-state index in [1.54, 1.807) is 0 Å². The molecule has 0 unspecified atom stereocenters. The molecule has 1 nitrogen and oxygen atoms in total. The minimum absolute atomic E-state index is 0.852. The van der Waals surface area contributed by atoms with Crippen molar-refractivity contribution < 1.29 is 0 Å². The number of unbranched alkanes of at least 4 members (excludes halogenated alkanes) is 2. The molecule has 0 heterocycles. The van der Waals surface area contributed by atoms with Crippen molar-refractivity contribution in [1.29, 1.82) is 0 Å². The van der Waals surface area contributed by atoms with Gasteiger partial charge < -0.3 is 5.73 Å². The molecule has 0 saturated heterocycles. The number of thioether (sulfide) groups is 1. The van der Waals surface area contributed by atoms with Crippen molar-refractivity contribution in [3.63, 3.8) is 0 Å². The van der Waals surface area contributed by atoms with Gasteiger partial charge in [-0.1, -0.05) is 31.9 Å². The quantitative estimate of drug-likeness (QED) is 0.571. The molecule has 2 N–H and O–H groups in total. The van der Waals surface area contributed by atoms with Crippen molar-refractivity contribution in [2.45, 2.75) is 31.9 Å². The molecule has 0 atom stereocenters. The van der Waals surface area contributed by atoms with E-state index in [0.717, 1.165) is 11.4 Å². The van der Waals surface area contributed by atoms with Gasteiger partial charge in [0, 0.05) is 11.4 Å². The summed E-state index contributed by atoms with van der Waals surface area (Å²) >= 11 is 2.01. The van der Waals surface area contributed by atoms with E-state index in [0.29, 0.717) is 0 Å². The minimum atomic E-state index is 0.852. The molecule has 1 aromatic carbocycles. The molecule has 1 aromatic rings. The van der Waals surface area contributed by atoms with Gasteiger partial charge in [0.2, 0.25) is 0 Å². The smallest absolute Gasteiger partial charge is 0.0314 e. The van der Waals surface area contributed by atoms with Gasteiger partial charge in [-0.3, -0.25) is 0 Å². The molecule has 0 amide bonds. The van der Waals surface area contributed by atoms with Crippen LogP contribution in [0.4, 0.5) is 5.69 Å². The summed E-state index contributed by atoms with van der Waals surface area (Å²) in [5.41, 5.74) is 7.84. The van der Waals surface area contributed by atoms with Crippen LogP contribution in [0.5, 0.6) is 0 Å². The summed E-state index contributed by atoms with van der Waals surface area (Å²) in [4.78, 5) is 0. The maximum absolute atomic E-state index is 5.61. The zero-order chi connectivity index (χ0) is 10.2. The maximum Gasteiger partial charge on any atom is 0.0314 e. The van der Waals surface area contributed by atoms with Crippen LogP contribution >= 0.6 is 11.8 Å². The Kier molecular flexibility index (Phi) is 5.53. The van der Waals surface area contributed by atoms with E-state index >= 15 is 0 Å². The fourth-order valence-corrected chi connectivity index (χ4v) is 2.24. The third-order valence-corrected chi connectivity index (χ3v) is 3.26. The summed E-state index contributed by atoms with van der Waals surface area (Å²) in [5.74, 6) is 2.39. The number of nitrogen functional groups attached to an aromatic ring is 1. The molecule has 78 valence electrons. The third kappa shape index (κ3) is 4.56. The fourth-order valence-electron chi connectivity index (χ4n) is 1.26. The standard InChI is InChI=1S/C12H19NS/c1-2-3-4-9-14-10-11-5-7-12(13)8-6-11/h5-8H,2-4,9-10,13H2,1H3. The summed E-state index contributed by atoms with van der Waals surface area (Å²) < 4.78 is 0. The molecular weight excluding hydrogens is 190 g/mol. The summed E-state index contributed by atoms with van der Waals surface area (Å²) in [6, 6.07) is 8.17. The van der Waals surface area contributed by atoms with Gasteiger partial charge in [-0.15, -0.1) is 0 Å². The number of nitrogens with two attached hydrogens (primary N) is 1. The molecule has 0 saturated carbocycles. The molecule has 2 heteroatoms. The largest absolute Gasteiger partial charge is 0.399 e. The number of hydrogen-bond donors (Lipinski definition) is 1. The van der Waals surface area contributed by atoms with Gasteiger partial charge in [0.25, 0.3) is 0 Å². The van der Waals surface area contributed by atoms with Crippen molar-refractivity contribution in [1.82, 2.24) is 0 Å². The molecular formula is C12H19NS. The fraction of sp³-hybridized carbons (Fsp3) is 0.500. The monoisotopic (exact) mass is 209 g/mol. The number of benzene rings is 1. The Morgan fingerprint density at radius 3 is 2.50 bits per heavy atom. The van der Waals surface area contributed by atoms with E-state index in [1.807, 2.05) is 23.9 Å². The molecule has 0 bridgehead atoms. The number of rotatable bonds is 6. The van der Waals surface area contributed by atoms with Gasteiger partial charge in [0.15, 0.2) is 0 Å². The van der Waals surface area contributed by atoms with E-state index < -0.39 is 0 Å². The van der Waals surface area contributed by atoms with Gasteiger partial charge in [-0.2, -0.15) is 11.8 Å². The Hall–Kier alpha value is -0.630. The summed E-state index contributed by atoms with van der Waals surface area (Å²) in [7, 11) is 0. The molecule has 1 rings (SSSR count). The maximum atomic E-state index is 5.61. The van der Waals surface area contributed by atoms with Gasteiger partial charge in [-0.05, 0) is 29.9 Å². The second kappa shape index (κ2) is 6.77. The number of anilines is 1. The summed E-state index contributed by atoms with van der Waals surface area (Å²) in [6.45, 7) is 2.24. The summed E-state index contributed by atoms with van der Waals surface area (Å²) in [5, 5.41) is 0. The molecule has 0 radical (unpaired) electrons. The highest BCUT2D eigenvalue weighted by atomic mass is 32.2. The van der Waals surface area contributed by atoms with Crippen molar-refractivity contribution in [3.05, 3.63) is 29.8 Å². The van der Waals surface area contributed by atoms with E-state index in [9.17, 15) is 0 Å². The van der Waals surface area contributed by atoms with Crippen LogP contribution < -0.4 is 5.73 Å². The highest BCUT2D eigenvalue weighted by molar-refractivity contribution is 7.98. The Labute approximate surface area is 91.1 Å². The molecule has 14 heavy (non-hydrogen) atoms. The lowest BCUT2D eigenvalue weighted by Gasteiger charge is -2.01. The Morgan fingerprint density at radius 1 is 1.14 bits per heavy atom. The van der Waals surface area contributed by atoms with Crippen molar-refractivity contribution in [2.75, 3.05) is 11.5 Å². The van der Waals surface area contributed by atoms with Crippen LogP contribution in [0.3, 0.4) is 0 Å². The molecule has 0 aliphatic heterocycles. The second-order valence-corrected chi connectivity index (χ2v) is 4.61.